The van der Waals surface area contributed by atoms with E-state index in [1.165, 1.54) is 0 Å². The first-order chi connectivity index (χ1) is 14.8. The molecule has 4 rings (SSSR count). The molecule has 1 aliphatic heterocycles. The number of halogens is 2. The van der Waals surface area contributed by atoms with E-state index in [0.29, 0.717) is 34.9 Å². The van der Waals surface area contributed by atoms with Crippen molar-refractivity contribution >= 4 is 21.7 Å². The Morgan fingerprint density at radius 3 is 2.61 bits per heavy atom. The van der Waals surface area contributed by atoms with Crippen molar-refractivity contribution in [3.8, 4) is 0 Å². The van der Waals surface area contributed by atoms with Gasteiger partial charge in [-0.25, -0.2) is 17.2 Å². The molecule has 3 aromatic rings. The molecule has 0 fully saturated rings. The van der Waals surface area contributed by atoms with Gasteiger partial charge >= 0.3 is 0 Å². The van der Waals surface area contributed by atoms with E-state index in [1.807, 2.05) is 0 Å². The normalized spacial score (nSPS) is 14.3. The van der Waals surface area contributed by atoms with Crippen molar-refractivity contribution in [1.82, 2.24) is 14.5 Å². The molecule has 0 saturated carbocycles. The van der Waals surface area contributed by atoms with Crippen LogP contribution in [-0.4, -0.2) is 35.4 Å². The highest BCUT2D eigenvalue weighted by molar-refractivity contribution is 7.89. The highest BCUT2D eigenvalue weighted by Gasteiger charge is 2.32. The summed E-state index contributed by atoms with van der Waals surface area (Å²) in [5.74, 6) is -2.20. The van der Waals surface area contributed by atoms with Gasteiger partial charge in [-0.3, -0.25) is 9.89 Å². The summed E-state index contributed by atoms with van der Waals surface area (Å²) in [4.78, 5) is 12.2. The smallest absolute Gasteiger partial charge is 0.257 e. The van der Waals surface area contributed by atoms with Gasteiger partial charge in [-0.2, -0.15) is 9.40 Å². The molecule has 0 spiro atoms. The van der Waals surface area contributed by atoms with Gasteiger partial charge in [0.1, 0.15) is 11.6 Å². The van der Waals surface area contributed by atoms with Gasteiger partial charge in [0.05, 0.1) is 4.90 Å². The van der Waals surface area contributed by atoms with Gasteiger partial charge in [-0.05, 0) is 23.8 Å². The van der Waals surface area contributed by atoms with Crippen LogP contribution in [0.5, 0.6) is 0 Å². The Kier molecular flexibility index (Phi) is 5.56. The fourth-order valence-electron chi connectivity index (χ4n) is 3.50. The van der Waals surface area contributed by atoms with Crippen LogP contribution in [0.2, 0.25) is 0 Å². The zero-order chi connectivity index (χ0) is 22.2. The van der Waals surface area contributed by atoms with Gasteiger partial charge < -0.3 is 11.1 Å². The van der Waals surface area contributed by atoms with E-state index in [9.17, 15) is 22.0 Å². The van der Waals surface area contributed by atoms with Crippen LogP contribution >= 0.6 is 0 Å². The second kappa shape index (κ2) is 8.17. The topological polar surface area (TPSA) is 121 Å². The molecule has 0 radical (unpaired) electrons. The number of nitrogens with zero attached hydrogens (tertiary/aromatic N) is 2. The fraction of sp³-hybridized carbons (Fsp3) is 0.200. The number of carbonyl (C=O) groups excluding carboxylic acids is 1. The second-order valence-electron chi connectivity index (χ2n) is 7.04. The Hall–Kier alpha value is -3.15. The van der Waals surface area contributed by atoms with Crippen molar-refractivity contribution in [2.75, 3.05) is 11.9 Å². The summed E-state index contributed by atoms with van der Waals surface area (Å²) in [6, 6.07) is 9.00. The standard InChI is InChI=1S/C20H19F2N5O3S/c21-13-7-14(22)9-15(8-13)31(29,30)27-6-5-18-17(11-27)19(26-25-18)24-20(28)16-4-2-1-3-12(16)10-23/h1-4,7-9H,5-6,10-11,23H2,(H2,24,25,26,28). The lowest BCUT2D eigenvalue weighted by Crippen LogP contribution is -2.36. The van der Waals surface area contributed by atoms with Gasteiger partial charge in [-0.1, -0.05) is 18.2 Å². The molecule has 4 N–H and O–H groups in total. The third-order valence-corrected chi connectivity index (χ3v) is 6.91. The van der Waals surface area contributed by atoms with Gasteiger partial charge in [0.15, 0.2) is 5.82 Å². The Morgan fingerprint density at radius 1 is 1.19 bits per heavy atom. The number of carbonyl (C=O) groups is 1. The summed E-state index contributed by atoms with van der Waals surface area (Å²) in [5.41, 5.74) is 7.90. The van der Waals surface area contributed by atoms with Crippen molar-refractivity contribution < 1.29 is 22.0 Å². The number of aromatic nitrogens is 2. The zero-order valence-electron chi connectivity index (χ0n) is 16.2. The molecule has 1 amide bonds. The minimum absolute atomic E-state index is 0.0963. The van der Waals surface area contributed by atoms with Crippen molar-refractivity contribution in [2.45, 2.75) is 24.4 Å². The lowest BCUT2D eigenvalue weighted by atomic mass is 10.1. The predicted molar refractivity (Wildman–Crippen MR) is 109 cm³/mol. The second-order valence-corrected chi connectivity index (χ2v) is 8.98. The van der Waals surface area contributed by atoms with E-state index in [0.717, 1.165) is 16.4 Å². The first kappa shape index (κ1) is 21.1. The molecule has 162 valence electrons. The Morgan fingerprint density at radius 2 is 1.90 bits per heavy atom. The van der Waals surface area contributed by atoms with Crippen LogP contribution in [0.1, 0.15) is 27.2 Å². The number of fused-ring (bicyclic) bond motifs is 1. The summed E-state index contributed by atoms with van der Waals surface area (Å²) >= 11 is 0. The van der Waals surface area contributed by atoms with E-state index < -0.39 is 32.5 Å². The third kappa shape index (κ3) is 4.07. The van der Waals surface area contributed by atoms with E-state index in [2.05, 4.69) is 15.5 Å². The Labute approximate surface area is 177 Å². The number of nitrogens with one attached hydrogen (secondary N) is 2. The van der Waals surface area contributed by atoms with E-state index in [4.69, 9.17) is 5.73 Å². The highest BCUT2D eigenvalue weighted by Crippen LogP contribution is 2.29. The number of hydrogen-bond donors (Lipinski definition) is 3. The molecule has 31 heavy (non-hydrogen) atoms. The number of sulfonamides is 1. The molecule has 0 unspecified atom stereocenters. The number of anilines is 1. The summed E-state index contributed by atoms with van der Waals surface area (Å²) in [5, 5.41) is 9.61. The van der Waals surface area contributed by atoms with Gasteiger partial charge in [-0.15, -0.1) is 0 Å². The summed E-state index contributed by atoms with van der Waals surface area (Å²) < 4.78 is 54.0. The maximum absolute atomic E-state index is 13.6. The minimum atomic E-state index is -4.15. The van der Waals surface area contributed by atoms with Gasteiger partial charge in [0, 0.05) is 48.9 Å². The molecule has 11 heteroatoms. The molecule has 0 aliphatic carbocycles. The minimum Gasteiger partial charge on any atom is -0.326 e. The van der Waals surface area contributed by atoms with E-state index in [-0.39, 0.29) is 25.5 Å². The monoisotopic (exact) mass is 447 g/mol. The number of amides is 1. The molecule has 1 aliphatic rings. The molecule has 0 saturated heterocycles. The van der Waals surface area contributed by atoms with Crippen molar-refractivity contribution in [1.29, 1.82) is 0 Å². The number of hydrogen-bond acceptors (Lipinski definition) is 5. The fourth-order valence-corrected chi connectivity index (χ4v) is 4.95. The Bertz CT molecular complexity index is 1240. The van der Waals surface area contributed by atoms with Crippen molar-refractivity contribution in [2.24, 2.45) is 5.73 Å². The quantitative estimate of drug-likeness (QED) is 0.553. The largest absolute Gasteiger partial charge is 0.326 e. The average Bonchev–Trinajstić information content (AvgIpc) is 3.15. The number of aromatic amines is 1. The van der Waals surface area contributed by atoms with E-state index in [1.54, 1.807) is 24.3 Å². The first-order valence-electron chi connectivity index (χ1n) is 9.41. The van der Waals surface area contributed by atoms with Crippen LogP contribution in [0.15, 0.2) is 47.4 Å². The summed E-state index contributed by atoms with van der Waals surface area (Å²) in [7, 11) is -4.15. The maximum atomic E-state index is 13.6. The van der Waals surface area contributed by atoms with E-state index >= 15 is 0 Å². The molecule has 0 atom stereocenters. The van der Waals surface area contributed by atoms with Crippen LogP contribution < -0.4 is 11.1 Å². The number of H-pyrrole nitrogens is 1. The van der Waals surface area contributed by atoms with Crippen molar-refractivity contribution in [3.05, 3.63) is 76.5 Å². The summed E-state index contributed by atoms with van der Waals surface area (Å²) in [6.45, 7) is 0.165. The lowest BCUT2D eigenvalue weighted by molar-refractivity contribution is 0.102. The molecule has 1 aromatic heterocycles. The molecule has 8 nitrogen and oxygen atoms in total. The molecule has 2 heterocycles. The van der Waals surface area contributed by atoms with Crippen LogP contribution in [0.25, 0.3) is 0 Å². The van der Waals surface area contributed by atoms with Crippen LogP contribution in [0.4, 0.5) is 14.6 Å². The number of benzene rings is 2. The first-order valence-corrected chi connectivity index (χ1v) is 10.9. The zero-order valence-corrected chi connectivity index (χ0v) is 17.0. The highest BCUT2D eigenvalue weighted by atomic mass is 32.2. The van der Waals surface area contributed by atoms with Crippen LogP contribution in [-0.2, 0) is 29.5 Å². The SMILES string of the molecule is NCc1ccccc1C(=O)Nc1n[nH]c2c1CN(S(=O)(=O)c1cc(F)cc(F)c1)CC2. The lowest BCUT2D eigenvalue weighted by Gasteiger charge is -2.26. The maximum Gasteiger partial charge on any atom is 0.257 e. The molecular formula is C20H19F2N5O3S. The third-order valence-electron chi connectivity index (χ3n) is 5.09. The number of rotatable bonds is 5. The summed E-state index contributed by atoms with van der Waals surface area (Å²) in [6.07, 6.45) is 0.300. The van der Waals surface area contributed by atoms with Crippen LogP contribution in [0, 0.1) is 11.6 Å². The van der Waals surface area contributed by atoms with Gasteiger partial charge in [0.25, 0.3) is 5.91 Å². The molecule has 0 bridgehead atoms. The Balaban J connectivity index is 1.60. The molecule has 2 aromatic carbocycles. The van der Waals surface area contributed by atoms with Crippen LogP contribution in [0.3, 0.4) is 0 Å². The average molecular weight is 447 g/mol. The number of nitrogens with two attached hydrogens (primary N) is 1. The van der Waals surface area contributed by atoms with Gasteiger partial charge in [0.2, 0.25) is 10.0 Å². The van der Waals surface area contributed by atoms with Crippen molar-refractivity contribution in [3.63, 3.8) is 0 Å². The predicted octanol–water partition coefficient (Wildman–Crippen LogP) is 2.15. The molecular weight excluding hydrogens is 428 g/mol.